The minimum absolute atomic E-state index is 0.0143. The lowest BCUT2D eigenvalue weighted by molar-refractivity contribution is -0.122. The van der Waals surface area contributed by atoms with Gasteiger partial charge >= 0.3 is 5.69 Å². The summed E-state index contributed by atoms with van der Waals surface area (Å²) in [4.78, 5) is 38.8. The van der Waals surface area contributed by atoms with E-state index >= 15 is 0 Å². The highest BCUT2D eigenvalue weighted by atomic mass is 16.2. The van der Waals surface area contributed by atoms with E-state index in [4.69, 9.17) is 0 Å². The molecule has 0 saturated carbocycles. The van der Waals surface area contributed by atoms with E-state index in [1.54, 1.807) is 38.5 Å². The van der Waals surface area contributed by atoms with Gasteiger partial charge in [-0.05, 0) is 32.8 Å². The van der Waals surface area contributed by atoms with Gasteiger partial charge in [0.1, 0.15) is 12.4 Å². The van der Waals surface area contributed by atoms with Crippen molar-refractivity contribution in [3.05, 3.63) is 46.5 Å². The number of rotatable bonds is 4. The highest BCUT2D eigenvalue weighted by molar-refractivity contribution is 5.76. The van der Waals surface area contributed by atoms with Gasteiger partial charge in [-0.15, -0.1) is 0 Å². The van der Waals surface area contributed by atoms with Gasteiger partial charge in [-0.2, -0.15) is 4.98 Å². The highest BCUT2D eigenvalue weighted by Crippen LogP contribution is 2.16. The summed E-state index contributed by atoms with van der Waals surface area (Å²) >= 11 is 0. The third kappa shape index (κ3) is 4.20. The molecule has 1 fully saturated rings. The maximum Gasteiger partial charge on any atom is 0.348 e. The van der Waals surface area contributed by atoms with E-state index in [1.165, 1.54) is 4.57 Å². The van der Waals surface area contributed by atoms with Crippen molar-refractivity contribution in [3.63, 3.8) is 0 Å². The second kappa shape index (κ2) is 7.42. The van der Waals surface area contributed by atoms with Crippen molar-refractivity contribution in [2.75, 3.05) is 18.0 Å². The Morgan fingerprint density at radius 3 is 2.92 bits per heavy atom. The van der Waals surface area contributed by atoms with E-state index in [1.807, 2.05) is 0 Å². The predicted molar refractivity (Wildman–Crippen MR) is 93.4 cm³/mol. The summed E-state index contributed by atoms with van der Waals surface area (Å²) in [7, 11) is 0. The van der Waals surface area contributed by atoms with Gasteiger partial charge in [0.25, 0.3) is 0 Å². The van der Waals surface area contributed by atoms with Crippen LogP contribution in [-0.4, -0.2) is 44.6 Å². The first-order valence-electron chi connectivity index (χ1n) is 8.38. The van der Waals surface area contributed by atoms with Crippen LogP contribution in [0, 0.1) is 13.8 Å². The maximum absolute atomic E-state index is 12.4. The van der Waals surface area contributed by atoms with Crippen molar-refractivity contribution in [3.8, 4) is 0 Å². The maximum atomic E-state index is 12.4. The highest BCUT2D eigenvalue weighted by Gasteiger charge is 2.22. The lowest BCUT2D eigenvalue weighted by Gasteiger charge is -2.33. The number of nitrogens with zero attached hydrogens (tertiary/aromatic N) is 5. The number of carbonyl (C=O) groups is 1. The van der Waals surface area contributed by atoms with Crippen LogP contribution in [0.3, 0.4) is 0 Å². The zero-order valence-corrected chi connectivity index (χ0v) is 14.5. The Bertz CT molecular complexity index is 805. The molecule has 0 bridgehead atoms. The Labute approximate surface area is 145 Å². The van der Waals surface area contributed by atoms with E-state index < -0.39 is 5.69 Å². The number of amides is 1. The molecule has 1 aliphatic heterocycles. The Kier molecular flexibility index (Phi) is 5.06. The third-order valence-electron chi connectivity index (χ3n) is 4.31. The molecule has 1 aliphatic rings. The fraction of sp³-hybridized carbons (Fsp3) is 0.471. The number of carbonyl (C=O) groups excluding carboxylic acids is 1. The molecule has 25 heavy (non-hydrogen) atoms. The Morgan fingerprint density at radius 2 is 2.20 bits per heavy atom. The monoisotopic (exact) mass is 342 g/mol. The molecule has 1 atom stereocenters. The summed E-state index contributed by atoms with van der Waals surface area (Å²) in [5, 5.41) is 3.02. The largest absolute Gasteiger partial charge is 0.353 e. The van der Waals surface area contributed by atoms with E-state index in [0.717, 1.165) is 30.9 Å². The lowest BCUT2D eigenvalue weighted by Crippen LogP contribution is -2.49. The molecule has 132 valence electrons. The van der Waals surface area contributed by atoms with Crippen molar-refractivity contribution in [1.29, 1.82) is 0 Å². The first kappa shape index (κ1) is 17.1. The number of nitrogens with one attached hydrogen (secondary N) is 1. The van der Waals surface area contributed by atoms with Gasteiger partial charge in [-0.1, -0.05) is 0 Å². The van der Waals surface area contributed by atoms with Gasteiger partial charge in [-0.25, -0.2) is 9.78 Å². The van der Waals surface area contributed by atoms with Crippen LogP contribution in [0.5, 0.6) is 0 Å². The quantitative estimate of drug-likeness (QED) is 0.866. The van der Waals surface area contributed by atoms with Crippen LogP contribution >= 0.6 is 0 Å². The summed E-state index contributed by atoms with van der Waals surface area (Å²) < 4.78 is 1.39. The van der Waals surface area contributed by atoms with Gasteiger partial charge in [0.05, 0.1) is 6.20 Å². The van der Waals surface area contributed by atoms with Crippen LogP contribution < -0.4 is 15.9 Å². The van der Waals surface area contributed by atoms with Gasteiger partial charge in [-0.3, -0.25) is 14.3 Å². The van der Waals surface area contributed by atoms with E-state index in [2.05, 4.69) is 25.2 Å². The Morgan fingerprint density at radius 1 is 1.36 bits per heavy atom. The number of aryl methyl sites for hydroxylation is 2. The van der Waals surface area contributed by atoms with E-state index in [0.29, 0.717) is 12.2 Å². The van der Waals surface area contributed by atoms with Gasteiger partial charge in [0.2, 0.25) is 5.91 Å². The predicted octanol–water partition coefficient (Wildman–Crippen LogP) is 0.435. The molecular formula is C17H22N6O2. The molecule has 2 aromatic heterocycles. The number of hydrogen-bond donors (Lipinski definition) is 1. The SMILES string of the molecule is Cc1cc(C)n(CC(=O)N[C@H]2CCCN(c3cnccn3)C2)c(=O)n1. The fourth-order valence-electron chi connectivity index (χ4n) is 3.14. The molecule has 0 unspecified atom stereocenters. The van der Waals surface area contributed by atoms with Crippen LogP contribution in [0.4, 0.5) is 5.82 Å². The van der Waals surface area contributed by atoms with E-state index in [9.17, 15) is 9.59 Å². The first-order chi connectivity index (χ1) is 12.0. The minimum Gasteiger partial charge on any atom is -0.353 e. The van der Waals surface area contributed by atoms with Crippen LogP contribution in [0.1, 0.15) is 24.2 Å². The number of anilines is 1. The summed E-state index contributed by atoms with van der Waals surface area (Å²) in [5.74, 6) is 0.637. The molecule has 0 aromatic carbocycles. The molecule has 2 aromatic rings. The fourth-order valence-corrected chi connectivity index (χ4v) is 3.14. The van der Waals surface area contributed by atoms with Crippen LogP contribution in [0.25, 0.3) is 0 Å². The lowest BCUT2D eigenvalue weighted by atomic mass is 10.1. The Hall–Kier alpha value is -2.77. The zero-order chi connectivity index (χ0) is 17.8. The van der Waals surface area contributed by atoms with Crippen molar-refractivity contribution in [1.82, 2.24) is 24.8 Å². The van der Waals surface area contributed by atoms with Crippen molar-refractivity contribution in [2.24, 2.45) is 0 Å². The number of aromatic nitrogens is 4. The smallest absolute Gasteiger partial charge is 0.348 e. The minimum atomic E-state index is -0.391. The summed E-state index contributed by atoms with van der Waals surface area (Å²) in [6, 6.07) is 1.82. The molecule has 8 nitrogen and oxygen atoms in total. The molecule has 3 heterocycles. The number of hydrogen-bond acceptors (Lipinski definition) is 6. The standard InChI is InChI=1S/C17H22N6O2/c1-12-8-13(2)23(17(25)20-12)11-16(24)21-14-4-3-7-22(10-14)15-9-18-5-6-19-15/h5-6,8-9,14H,3-4,7,10-11H2,1-2H3,(H,21,24)/t14-/m0/s1. The molecule has 0 radical (unpaired) electrons. The molecule has 1 saturated heterocycles. The Balaban J connectivity index is 1.62. The summed E-state index contributed by atoms with van der Waals surface area (Å²) in [6.45, 7) is 5.14. The van der Waals surface area contributed by atoms with Gasteiger partial charge < -0.3 is 10.2 Å². The van der Waals surface area contributed by atoms with Crippen molar-refractivity contribution in [2.45, 2.75) is 39.3 Å². The zero-order valence-electron chi connectivity index (χ0n) is 14.5. The van der Waals surface area contributed by atoms with E-state index in [-0.39, 0.29) is 18.5 Å². The number of piperidine rings is 1. The molecule has 1 amide bonds. The third-order valence-corrected chi connectivity index (χ3v) is 4.31. The molecule has 1 N–H and O–H groups in total. The van der Waals surface area contributed by atoms with Gasteiger partial charge in [0.15, 0.2) is 0 Å². The average molecular weight is 342 g/mol. The van der Waals surface area contributed by atoms with Crippen LogP contribution in [0.2, 0.25) is 0 Å². The summed E-state index contributed by atoms with van der Waals surface area (Å²) in [6.07, 6.45) is 6.90. The molecule has 8 heteroatoms. The molecule has 0 aliphatic carbocycles. The topological polar surface area (TPSA) is 93.0 Å². The second-order valence-corrected chi connectivity index (χ2v) is 6.32. The van der Waals surface area contributed by atoms with Crippen LogP contribution in [-0.2, 0) is 11.3 Å². The van der Waals surface area contributed by atoms with Crippen LogP contribution in [0.15, 0.2) is 29.5 Å². The molecule has 3 rings (SSSR count). The first-order valence-corrected chi connectivity index (χ1v) is 8.38. The normalized spacial score (nSPS) is 17.4. The average Bonchev–Trinajstić information content (AvgIpc) is 2.59. The molecule has 0 spiro atoms. The second-order valence-electron chi connectivity index (χ2n) is 6.32. The molecular weight excluding hydrogens is 320 g/mol. The van der Waals surface area contributed by atoms with Gasteiger partial charge in [0, 0.05) is 42.9 Å². The van der Waals surface area contributed by atoms with Crippen molar-refractivity contribution < 1.29 is 4.79 Å². The van der Waals surface area contributed by atoms with Crippen molar-refractivity contribution >= 4 is 11.7 Å². The summed E-state index contributed by atoms with van der Waals surface area (Å²) in [5.41, 5.74) is 1.00.